The molecule has 0 spiro atoms. The first-order valence-electron chi connectivity index (χ1n) is 6.91. The highest BCUT2D eigenvalue weighted by Crippen LogP contribution is 2.30. The van der Waals surface area contributed by atoms with E-state index in [1.807, 2.05) is 43.4 Å². The molecule has 0 unspecified atom stereocenters. The molecule has 0 radical (unpaired) electrons. The number of rotatable bonds is 7. The van der Waals surface area contributed by atoms with Crippen molar-refractivity contribution < 1.29 is 0 Å². The quantitative estimate of drug-likeness (QED) is 0.548. The zero-order chi connectivity index (χ0) is 15.8. The van der Waals surface area contributed by atoms with Gasteiger partial charge in [0.15, 0.2) is 0 Å². The first kappa shape index (κ1) is 16.5. The van der Waals surface area contributed by atoms with Crippen LogP contribution in [0.2, 0.25) is 0 Å². The van der Waals surface area contributed by atoms with Crippen LogP contribution in [0.4, 0.5) is 0 Å². The maximum atomic E-state index is 3.96. The van der Waals surface area contributed by atoms with Crippen LogP contribution in [0.3, 0.4) is 0 Å². The molecule has 0 saturated heterocycles. The molecule has 108 valence electrons. The van der Waals surface area contributed by atoms with E-state index in [-0.39, 0.29) is 0 Å². The minimum absolute atomic E-state index is 1.01. The fourth-order valence-electron chi connectivity index (χ4n) is 2.38. The predicted molar refractivity (Wildman–Crippen MR) is 97.9 cm³/mol. The van der Waals surface area contributed by atoms with Gasteiger partial charge in [-0.15, -0.1) is 0 Å². The molecule has 1 heterocycles. The normalized spacial score (nSPS) is 12.0. The lowest BCUT2D eigenvalue weighted by Gasteiger charge is -2.11. The van der Waals surface area contributed by atoms with Gasteiger partial charge in [0.1, 0.15) is 0 Å². The van der Waals surface area contributed by atoms with Crippen molar-refractivity contribution in [3.05, 3.63) is 85.3 Å². The molecular weight excluding hydrogens is 254 g/mol. The molecule has 0 bridgehead atoms. The van der Waals surface area contributed by atoms with Crippen LogP contribution in [0, 0.1) is 6.92 Å². The summed E-state index contributed by atoms with van der Waals surface area (Å²) in [5.74, 6) is 0. The van der Waals surface area contributed by atoms with Crippen molar-refractivity contribution in [2.24, 2.45) is 0 Å². The Balaban J connectivity index is 3.75. The van der Waals surface area contributed by atoms with E-state index in [4.69, 9.17) is 0 Å². The third kappa shape index (κ3) is 3.32. The summed E-state index contributed by atoms with van der Waals surface area (Å²) in [4.78, 5) is 0. The Kier molecular flexibility index (Phi) is 6.22. The van der Waals surface area contributed by atoms with Gasteiger partial charge in [-0.25, -0.2) is 0 Å². The van der Waals surface area contributed by atoms with Crippen molar-refractivity contribution in [1.29, 1.82) is 0 Å². The van der Waals surface area contributed by atoms with Crippen LogP contribution in [0.15, 0.2) is 62.8 Å². The minimum atomic E-state index is 1.01. The van der Waals surface area contributed by atoms with Crippen LogP contribution in [-0.2, 0) is 0 Å². The van der Waals surface area contributed by atoms with Gasteiger partial charge in [0.05, 0.1) is 5.69 Å². The molecule has 1 nitrogen and oxygen atoms in total. The Morgan fingerprint density at radius 2 is 1.71 bits per heavy atom. The van der Waals surface area contributed by atoms with Crippen LogP contribution in [0.1, 0.15) is 29.4 Å². The Labute approximate surface area is 128 Å². The highest BCUT2D eigenvalue weighted by Gasteiger charge is 2.16. The van der Waals surface area contributed by atoms with Crippen molar-refractivity contribution in [2.45, 2.75) is 13.8 Å². The summed E-state index contributed by atoms with van der Waals surface area (Å²) < 4.78 is 2.15. The van der Waals surface area contributed by atoms with E-state index in [9.17, 15) is 0 Å². The minimum Gasteiger partial charge on any atom is -0.313 e. The Morgan fingerprint density at radius 1 is 1.00 bits per heavy atom. The van der Waals surface area contributed by atoms with E-state index in [2.05, 4.69) is 43.9 Å². The second-order valence-corrected chi connectivity index (χ2v) is 4.46. The Morgan fingerprint density at radius 3 is 2.19 bits per heavy atom. The zero-order valence-electron chi connectivity index (χ0n) is 13.0. The van der Waals surface area contributed by atoms with Crippen molar-refractivity contribution in [1.82, 2.24) is 4.57 Å². The average Bonchev–Trinajstić information content (AvgIpc) is 2.75. The summed E-state index contributed by atoms with van der Waals surface area (Å²) in [7, 11) is 0. The first-order valence-corrected chi connectivity index (χ1v) is 6.91. The fraction of sp³-hybridized carbons (Fsp3) is 0.100. The van der Waals surface area contributed by atoms with Crippen LogP contribution < -0.4 is 0 Å². The molecule has 0 amide bonds. The van der Waals surface area contributed by atoms with Crippen molar-refractivity contribution >= 4 is 23.9 Å². The van der Waals surface area contributed by atoms with E-state index in [0.717, 1.165) is 28.2 Å². The van der Waals surface area contributed by atoms with Gasteiger partial charge in [0, 0.05) is 22.5 Å². The van der Waals surface area contributed by atoms with E-state index >= 15 is 0 Å². The molecular formula is C20H23N. The Bertz CT molecular complexity index is 646. The van der Waals surface area contributed by atoms with Gasteiger partial charge in [-0.2, -0.15) is 0 Å². The summed E-state index contributed by atoms with van der Waals surface area (Å²) in [5.41, 5.74) is 5.42. The lowest BCUT2D eigenvalue weighted by atomic mass is 10.1. The summed E-state index contributed by atoms with van der Waals surface area (Å²) in [6.45, 7) is 19.5. The third-order valence-electron chi connectivity index (χ3n) is 3.21. The Hall–Kier alpha value is -2.54. The van der Waals surface area contributed by atoms with Gasteiger partial charge in [0.25, 0.3) is 0 Å². The molecule has 1 heteroatoms. The van der Waals surface area contributed by atoms with Gasteiger partial charge in [0.2, 0.25) is 0 Å². The molecule has 0 N–H and O–H groups in total. The molecule has 0 aliphatic carbocycles. The zero-order valence-corrected chi connectivity index (χ0v) is 13.0. The molecule has 1 aromatic heterocycles. The number of nitrogens with zero attached hydrogens (tertiary/aromatic N) is 1. The molecule has 0 atom stereocenters. The first-order chi connectivity index (χ1) is 10.2. The van der Waals surface area contributed by atoms with E-state index in [1.54, 1.807) is 12.2 Å². The number of aromatic nitrogens is 1. The fourth-order valence-corrected chi connectivity index (χ4v) is 2.38. The van der Waals surface area contributed by atoms with Gasteiger partial charge in [-0.05, 0) is 32.1 Å². The summed E-state index contributed by atoms with van der Waals surface area (Å²) in [5, 5.41) is 0. The van der Waals surface area contributed by atoms with Crippen molar-refractivity contribution in [3.63, 3.8) is 0 Å². The standard InChI is InChI=1S/C20H23N/c1-7-12-15-17(13-8-2)21-16(6)18(10-4)19(14-9-3)20(21)11-5/h7-15H,1-2,4-5H2,3,6H3/b14-9-,15-12-,17-13+. The van der Waals surface area contributed by atoms with Gasteiger partial charge in [-0.3, -0.25) is 0 Å². The van der Waals surface area contributed by atoms with Crippen LogP contribution in [0.25, 0.3) is 23.9 Å². The molecule has 0 aliphatic rings. The van der Waals surface area contributed by atoms with Crippen LogP contribution in [-0.4, -0.2) is 4.57 Å². The topological polar surface area (TPSA) is 4.93 Å². The molecule has 1 aromatic rings. The molecule has 0 aliphatic heterocycles. The molecule has 0 fully saturated rings. The van der Waals surface area contributed by atoms with Crippen molar-refractivity contribution in [3.8, 4) is 0 Å². The molecule has 21 heavy (non-hydrogen) atoms. The van der Waals surface area contributed by atoms with E-state index in [0.29, 0.717) is 0 Å². The lowest BCUT2D eigenvalue weighted by Crippen LogP contribution is -2.00. The molecule has 0 saturated carbocycles. The third-order valence-corrected chi connectivity index (χ3v) is 3.21. The summed E-state index contributed by atoms with van der Waals surface area (Å²) in [6.07, 6.45) is 17.3. The van der Waals surface area contributed by atoms with E-state index < -0.39 is 0 Å². The van der Waals surface area contributed by atoms with Gasteiger partial charge >= 0.3 is 0 Å². The largest absolute Gasteiger partial charge is 0.313 e. The van der Waals surface area contributed by atoms with Crippen LogP contribution >= 0.6 is 0 Å². The second kappa shape index (κ2) is 7.91. The summed E-state index contributed by atoms with van der Waals surface area (Å²) in [6, 6.07) is 0. The maximum absolute atomic E-state index is 3.96. The highest BCUT2D eigenvalue weighted by molar-refractivity contribution is 5.79. The van der Waals surface area contributed by atoms with Crippen LogP contribution in [0.5, 0.6) is 0 Å². The average molecular weight is 277 g/mol. The smallest absolute Gasteiger partial charge is 0.0531 e. The molecule has 0 aromatic carbocycles. The number of allylic oxidation sites excluding steroid dienone is 7. The molecule has 1 rings (SSSR count). The predicted octanol–water partition coefficient (Wildman–Crippen LogP) is 5.88. The summed E-state index contributed by atoms with van der Waals surface area (Å²) >= 11 is 0. The van der Waals surface area contributed by atoms with Crippen molar-refractivity contribution in [2.75, 3.05) is 0 Å². The maximum Gasteiger partial charge on any atom is 0.0531 e. The number of hydrogen-bond acceptors (Lipinski definition) is 0. The van der Waals surface area contributed by atoms with Gasteiger partial charge < -0.3 is 4.57 Å². The van der Waals surface area contributed by atoms with Gasteiger partial charge in [-0.1, -0.05) is 62.8 Å². The lowest BCUT2D eigenvalue weighted by molar-refractivity contribution is 1.04. The second-order valence-electron chi connectivity index (χ2n) is 4.46. The highest BCUT2D eigenvalue weighted by atomic mass is 15.0. The van der Waals surface area contributed by atoms with E-state index in [1.165, 1.54) is 0 Å². The number of hydrogen-bond donors (Lipinski definition) is 0. The monoisotopic (exact) mass is 277 g/mol. The SMILES string of the molecule is C=C/C=C\C(=C/C=C)n1c(C)c(C=C)c(/C=C\C)c1C=C.